The topological polar surface area (TPSA) is 197 Å². The first-order chi connectivity index (χ1) is 17.6. The number of carbonyl (C=O) groups excluding carboxylic acids is 3. The molecule has 0 amide bonds. The summed E-state index contributed by atoms with van der Waals surface area (Å²) in [5.41, 5.74) is 5.68. The highest BCUT2D eigenvalue weighted by molar-refractivity contribution is 6.31. The third kappa shape index (κ3) is 4.72. The molecule has 1 aliphatic heterocycles. The Morgan fingerprint density at radius 3 is 2.38 bits per heavy atom. The van der Waals surface area contributed by atoms with Crippen LogP contribution in [0.15, 0.2) is 18.2 Å². The Morgan fingerprint density at radius 1 is 1.08 bits per heavy atom. The molecule has 2 unspecified atom stereocenters. The van der Waals surface area contributed by atoms with Crippen molar-refractivity contribution in [2.75, 3.05) is 20.3 Å². The first kappa shape index (κ1) is 26.7. The highest BCUT2D eigenvalue weighted by Crippen LogP contribution is 2.47. The van der Waals surface area contributed by atoms with Crippen molar-refractivity contribution in [3.05, 3.63) is 51.6 Å². The largest absolute Gasteiger partial charge is 0.507 e. The smallest absolute Gasteiger partial charge is 0.202 e. The highest BCUT2D eigenvalue weighted by atomic mass is 16.6. The second-order valence-electron chi connectivity index (χ2n) is 9.26. The molecule has 0 radical (unpaired) electrons. The van der Waals surface area contributed by atoms with Crippen molar-refractivity contribution in [1.29, 1.82) is 0 Å². The Kier molecular flexibility index (Phi) is 7.62. The van der Waals surface area contributed by atoms with Crippen LogP contribution in [0.1, 0.15) is 55.8 Å². The van der Waals surface area contributed by atoms with Crippen LogP contribution in [0, 0.1) is 5.92 Å². The quantitative estimate of drug-likeness (QED) is 0.256. The third-order valence-corrected chi connectivity index (χ3v) is 7.06. The van der Waals surface area contributed by atoms with Crippen molar-refractivity contribution in [3.63, 3.8) is 0 Å². The molecule has 2 aliphatic carbocycles. The lowest BCUT2D eigenvalue weighted by molar-refractivity contribution is -0.162. The molecule has 0 bridgehead atoms. The van der Waals surface area contributed by atoms with Crippen LogP contribution < -0.4 is 10.5 Å². The second-order valence-corrected chi connectivity index (χ2v) is 9.26. The fourth-order valence-electron chi connectivity index (χ4n) is 5.00. The molecule has 7 N–H and O–H groups in total. The molecule has 198 valence electrons. The molecule has 0 spiro atoms. The number of hydrogen-bond donors (Lipinski definition) is 6. The zero-order chi connectivity index (χ0) is 27.0. The van der Waals surface area contributed by atoms with Crippen molar-refractivity contribution >= 4 is 17.3 Å². The number of ether oxygens (including phenoxy) is 2. The molecule has 4 atom stereocenters. The summed E-state index contributed by atoms with van der Waals surface area (Å²) < 4.78 is 9.89. The number of Topliss-reactive ketones (excluding diaryl/α,β-unsaturated/α-hetero) is 1. The minimum absolute atomic E-state index is 0.0568. The first-order valence-electron chi connectivity index (χ1n) is 11.8. The predicted octanol–water partition coefficient (Wildman–Crippen LogP) is -0.0386. The van der Waals surface area contributed by atoms with Gasteiger partial charge in [0, 0.05) is 35.1 Å². The minimum Gasteiger partial charge on any atom is -0.507 e. The summed E-state index contributed by atoms with van der Waals surface area (Å²) in [6.45, 7) is -0.468. The van der Waals surface area contributed by atoms with Crippen molar-refractivity contribution in [2.24, 2.45) is 11.7 Å². The number of nitrogens with two attached hydrogens (primary N) is 1. The van der Waals surface area contributed by atoms with E-state index in [2.05, 4.69) is 4.74 Å². The van der Waals surface area contributed by atoms with Gasteiger partial charge in [0.1, 0.15) is 23.9 Å². The molecular formula is C26H29NO10. The number of benzene rings is 2. The van der Waals surface area contributed by atoms with Crippen LogP contribution in [-0.4, -0.2) is 81.6 Å². The number of rotatable bonds is 3. The van der Waals surface area contributed by atoms with E-state index < -0.39 is 36.5 Å². The Labute approximate surface area is 212 Å². The first-order valence-corrected chi connectivity index (χ1v) is 11.8. The average molecular weight is 516 g/mol. The average Bonchev–Trinajstić information content (AvgIpc) is 2.90. The van der Waals surface area contributed by atoms with Crippen molar-refractivity contribution in [2.45, 2.75) is 44.1 Å². The van der Waals surface area contributed by atoms with Crippen LogP contribution in [0.2, 0.25) is 0 Å². The highest BCUT2D eigenvalue weighted by Gasteiger charge is 2.41. The number of aliphatic hydroxyl groups excluding tert-OH is 3. The van der Waals surface area contributed by atoms with Gasteiger partial charge in [-0.15, -0.1) is 0 Å². The van der Waals surface area contributed by atoms with Crippen molar-refractivity contribution < 1.29 is 49.4 Å². The molecule has 3 aliphatic rings. The van der Waals surface area contributed by atoms with Gasteiger partial charge < -0.3 is 40.7 Å². The number of aliphatic hydroxyl groups is 3. The lowest BCUT2D eigenvalue weighted by atomic mass is 9.75. The number of phenolic OH excluding ortho intramolecular Hbond substituents is 2. The van der Waals surface area contributed by atoms with Gasteiger partial charge in [-0.1, -0.05) is 12.1 Å². The predicted molar refractivity (Wildman–Crippen MR) is 128 cm³/mol. The SMILES string of the molecule is COc1cccc2c1C(=O)c1c(O)c3c(c(O)c1C2=O)CC(C(=O)CO)CC3.NC1C[C@H](O)OC[C@@H]1O. The van der Waals surface area contributed by atoms with Gasteiger partial charge in [-0.2, -0.15) is 0 Å². The van der Waals surface area contributed by atoms with E-state index in [0.29, 0.717) is 18.4 Å². The molecule has 5 rings (SSSR count). The Balaban J connectivity index is 0.000000301. The van der Waals surface area contributed by atoms with Gasteiger partial charge in [0.05, 0.1) is 36.5 Å². The second kappa shape index (κ2) is 10.6. The number of phenols is 2. The van der Waals surface area contributed by atoms with Crippen LogP contribution in [0.25, 0.3) is 0 Å². The van der Waals surface area contributed by atoms with Gasteiger partial charge in [-0.25, -0.2) is 0 Å². The summed E-state index contributed by atoms with van der Waals surface area (Å²) in [5, 5.41) is 48.5. The Morgan fingerprint density at radius 2 is 1.76 bits per heavy atom. The normalized spacial score (nSPS) is 24.2. The Bertz CT molecular complexity index is 1260. The summed E-state index contributed by atoms with van der Waals surface area (Å²) in [6.07, 6.45) is -0.370. The van der Waals surface area contributed by atoms with Crippen molar-refractivity contribution in [1.82, 2.24) is 0 Å². The van der Waals surface area contributed by atoms with Gasteiger partial charge in [0.2, 0.25) is 5.78 Å². The van der Waals surface area contributed by atoms with E-state index in [1.165, 1.54) is 13.2 Å². The lowest BCUT2D eigenvalue weighted by Gasteiger charge is -2.29. The minimum atomic E-state index is -0.789. The van der Waals surface area contributed by atoms with Crippen LogP contribution in [0.3, 0.4) is 0 Å². The van der Waals surface area contributed by atoms with E-state index >= 15 is 0 Å². The van der Waals surface area contributed by atoms with Gasteiger partial charge in [-0.3, -0.25) is 14.4 Å². The number of carbonyl (C=O) groups is 3. The van der Waals surface area contributed by atoms with Crippen LogP contribution in [-0.2, 0) is 22.4 Å². The number of ketones is 3. The van der Waals surface area contributed by atoms with E-state index in [4.69, 9.17) is 25.8 Å². The van der Waals surface area contributed by atoms with Crippen molar-refractivity contribution in [3.8, 4) is 17.2 Å². The molecule has 1 heterocycles. The Hall–Kier alpha value is -3.35. The summed E-state index contributed by atoms with van der Waals surface area (Å²) in [5.74, 6) is -2.56. The van der Waals surface area contributed by atoms with Gasteiger partial charge in [0.15, 0.2) is 17.9 Å². The van der Waals surface area contributed by atoms with Crippen LogP contribution >= 0.6 is 0 Å². The van der Waals surface area contributed by atoms with Gasteiger partial charge in [0.25, 0.3) is 0 Å². The number of hydrogen-bond acceptors (Lipinski definition) is 11. The molecule has 0 aromatic heterocycles. The van der Waals surface area contributed by atoms with Crippen LogP contribution in [0.5, 0.6) is 17.2 Å². The van der Waals surface area contributed by atoms with E-state index in [1.54, 1.807) is 12.1 Å². The van der Waals surface area contributed by atoms with Gasteiger partial charge >= 0.3 is 0 Å². The molecule has 11 heteroatoms. The zero-order valence-electron chi connectivity index (χ0n) is 20.1. The van der Waals surface area contributed by atoms with E-state index in [9.17, 15) is 24.6 Å². The monoisotopic (exact) mass is 515 g/mol. The maximum absolute atomic E-state index is 13.1. The van der Waals surface area contributed by atoms with Crippen LogP contribution in [0.4, 0.5) is 0 Å². The summed E-state index contributed by atoms with van der Waals surface area (Å²) in [4.78, 5) is 38.1. The van der Waals surface area contributed by atoms with E-state index in [-0.39, 0.29) is 76.3 Å². The third-order valence-electron chi connectivity index (χ3n) is 7.06. The molecule has 1 saturated heterocycles. The maximum Gasteiger partial charge on any atom is 0.202 e. The molecular weight excluding hydrogens is 486 g/mol. The molecule has 11 nitrogen and oxygen atoms in total. The fraction of sp³-hybridized carbons (Fsp3) is 0.423. The molecule has 0 saturated carbocycles. The standard InChI is InChI=1S/C21H18O7.C5H11NO3/c1-28-14-4-2-3-11-15(14)21(27)17-16(19(11)25)20(26)12-7-9(13(23)8-22)5-6-10(12)18(17)24;6-3-1-5(8)9-2-4(3)7/h2-4,9,22,24,26H,5-8H2,1H3;3-5,7-8H,1-2,6H2/t;3?,4-,5+/m.0/s1. The van der Waals surface area contributed by atoms with Gasteiger partial charge in [-0.05, 0) is 25.3 Å². The zero-order valence-corrected chi connectivity index (χ0v) is 20.1. The van der Waals surface area contributed by atoms with E-state index in [1.807, 2.05) is 0 Å². The molecule has 2 aromatic rings. The number of methoxy groups -OCH3 is 1. The maximum atomic E-state index is 13.1. The summed E-state index contributed by atoms with van der Waals surface area (Å²) in [7, 11) is 1.38. The molecule has 37 heavy (non-hydrogen) atoms. The molecule has 1 fully saturated rings. The number of fused-ring (bicyclic) bond motifs is 3. The lowest BCUT2D eigenvalue weighted by Crippen LogP contribution is -2.46. The number of aromatic hydroxyl groups is 2. The molecule has 2 aromatic carbocycles. The summed E-state index contributed by atoms with van der Waals surface area (Å²) >= 11 is 0. The van der Waals surface area contributed by atoms with E-state index in [0.717, 1.165) is 0 Å². The fourth-order valence-corrected chi connectivity index (χ4v) is 5.00. The summed E-state index contributed by atoms with van der Waals surface area (Å²) in [6, 6.07) is 4.25.